The van der Waals surface area contributed by atoms with Crippen LogP contribution in [0.2, 0.25) is 0 Å². The maximum Gasteiger partial charge on any atom is 0.253 e. The van der Waals surface area contributed by atoms with Gasteiger partial charge in [0, 0.05) is 57.2 Å². The van der Waals surface area contributed by atoms with E-state index in [2.05, 4.69) is 9.88 Å². The number of amides is 1. The summed E-state index contributed by atoms with van der Waals surface area (Å²) in [6.07, 6.45) is 5.11. The number of carbonyl (C=O) groups is 1. The number of hydrogen-bond donors (Lipinski definition) is 1. The Bertz CT molecular complexity index is 661. The summed E-state index contributed by atoms with van der Waals surface area (Å²) >= 11 is 0. The highest BCUT2D eigenvalue weighted by Gasteiger charge is 2.22. The lowest BCUT2D eigenvalue weighted by Crippen LogP contribution is -2.50. The van der Waals surface area contributed by atoms with E-state index in [9.17, 15) is 9.90 Å². The number of carbonyl (C=O) groups excluding carboxylic acids is 1. The van der Waals surface area contributed by atoms with Gasteiger partial charge in [0.15, 0.2) is 0 Å². The first-order valence-electron chi connectivity index (χ1n) is 8.36. The van der Waals surface area contributed by atoms with Gasteiger partial charge in [-0.15, -0.1) is 0 Å². The maximum absolute atomic E-state index is 12.7. The monoisotopic (exact) mass is 328 g/mol. The van der Waals surface area contributed by atoms with Gasteiger partial charge in [-0.1, -0.05) is 12.1 Å². The van der Waals surface area contributed by atoms with E-state index in [0.717, 1.165) is 24.2 Å². The smallest absolute Gasteiger partial charge is 0.253 e. The van der Waals surface area contributed by atoms with Crippen molar-refractivity contribution in [1.29, 1.82) is 0 Å². The van der Waals surface area contributed by atoms with Gasteiger partial charge in [0.25, 0.3) is 5.91 Å². The van der Waals surface area contributed by atoms with Gasteiger partial charge in [0.1, 0.15) is 0 Å². The van der Waals surface area contributed by atoms with Crippen LogP contribution in [0.1, 0.15) is 22.8 Å². The van der Waals surface area contributed by atoms with Gasteiger partial charge in [-0.3, -0.25) is 9.69 Å². The van der Waals surface area contributed by atoms with Crippen molar-refractivity contribution < 1.29 is 9.90 Å². The van der Waals surface area contributed by atoms with Crippen LogP contribution in [-0.4, -0.2) is 69.2 Å². The largest absolute Gasteiger partial charge is 0.392 e. The molecule has 6 nitrogen and oxygen atoms in total. The Morgan fingerprint density at radius 2 is 2.08 bits per heavy atom. The zero-order valence-corrected chi connectivity index (χ0v) is 14.0. The lowest BCUT2D eigenvalue weighted by Gasteiger charge is -2.35. The van der Waals surface area contributed by atoms with Crippen LogP contribution in [0.25, 0.3) is 0 Å². The average Bonchev–Trinajstić information content (AvgIpc) is 3.07. The minimum atomic E-state index is -0.327. The number of aliphatic hydroxyl groups excluding tert-OH is 1. The fourth-order valence-electron chi connectivity index (χ4n) is 3.08. The third kappa shape index (κ3) is 4.21. The van der Waals surface area contributed by atoms with E-state index in [1.807, 2.05) is 39.9 Å². The Labute approximate surface area is 142 Å². The first-order valence-corrected chi connectivity index (χ1v) is 8.36. The number of imidazole rings is 1. The van der Waals surface area contributed by atoms with Crippen molar-refractivity contribution in [1.82, 2.24) is 19.4 Å². The van der Waals surface area contributed by atoms with Crippen LogP contribution in [0.3, 0.4) is 0 Å². The maximum atomic E-state index is 12.7. The molecule has 1 aliphatic rings. The van der Waals surface area contributed by atoms with Crippen molar-refractivity contribution in [2.24, 2.45) is 0 Å². The molecular weight excluding hydrogens is 304 g/mol. The van der Waals surface area contributed by atoms with Crippen LogP contribution in [0.5, 0.6) is 0 Å². The second kappa shape index (κ2) is 7.59. The van der Waals surface area contributed by atoms with Gasteiger partial charge in [-0.2, -0.15) is 0 Å². The molecule has 1 N–H and O–H groups in total. The van der Waals surface area contributed by atoms with Crippen LogP contribution < -0.4 is 0 Å². The summed E-state index contributed by atoms with van der Waals surface area (Å²) in [6, 6.07) is 7.80. The molecule has 0 aliphatic carbocycles. The van der Waals surface area contributed by atoms with Gasteiger partial charge in [0.05, 0.1) is 12.4 Å². The number of β-amino-alcohol motifs (C(OH)–C–C–N with tert-alkyl or cyclic N) is 1. The van der Waals surface area contributed by atoms with Gasteiger partial charge >= 0.3 is 0 Å². The predicted octanol–water partition coefficient (Wildman–Crippen LogP) is 1.07. The summed E-state index contributed by atoms with van der Waals surface area (Å²) in [6.45, 7) is 6.21. The number of aliphatic hydroxyl groups is 1. The molecule has 0 bridgehead atoms. The molecule has 24 heavy (non-hydrogen) atoms. The Kier molecular flexibility index (Phi) is 5.27. The number of benzene rings is 1. The second-order valence-electron chi connectivity index (χ2n) is 6.38. The first kappa shape index (κ1) is 16.7. The standard InChI is InChI=1S/C18H24N4O2/c1-15(23)12-20-7-9-22(10-8-20)18(24)17-4-2-3-16(11-17)13-21-6-5-19-14-21/h2-6,11,14-15,23H,7-10,12-13H2,1H3/t15-/m1/s1. The number of hydrogen-bond acceptors (Lipinski definition) is 4. The Morgan fingerprint density at radius 1 is 1.29 bits per heavy atom. The SMILES string of the molecule is C[C@@H](O)CN1CCN(C(=O)c2cccc(Cn3ccnc3)c2)CC1. The fraction of sp³-hybridized carbons (Fsp3) is 0.444. The zero-order valence-electron chi connectivity index (χ0n) is 14.0. The van der Waals surface area contributed by atoms with E-state index in [-0.39, 0.29) is 12.0 Å². The molecule has 1 saturated heterocycles. The summed E-state index contributed by atoms with van der Waals surface area (Å²) in [7, 11) is 0. The van der Waals surface area contributed by atoms with Crippen molar-refractivity contribution in [2.45, 2.75) is 19.6 Å². The van der Waals surface area contributed by atoms with Gasteiger partial charge in [0.2, 0.25) is 0 Å². The minimum Gasteiger partial charge on any atom is -0.392 e. The molecule has 0 saturated carbocycles. The summed E-state index contributed by atoms with van der Waals surface area (Å²) in [5, 5.41) is 9.47. The Balaban J connectivity index is 1.61. The predicted molar refractivity (Wildman–Crippen MR) is 91.8 cm³/mol. The highest BCUT2D eigenvalue weighted by Crippen LogP contribution is 2.12. The normalized spacial score (nSPS) is 17.0. The molecule has 0 radical (unpaired) electrons. The number of rotatable bonds is 5. The van der Waals surface area contributed by atoms with E-state index in [0.29, 0.717) is 26.2 Å². The minimum absolute atomic E-state index is 0.0826. The van der Waals surface area contributed by atoms with Gasteiger partial charge < -0.3 is 14.6 Å². The van der Waals surface area contributed by atoms with Crippen LogP contribution >= 0.6 is 0 Å². The van der Waals surface area contributed by atoms with Gasteiger partial charge in [-0.05, 0) is 24.6 Å². The summed E-state index contributed by atoms with van der Waals surface area (Å²) in [5.41, 5.74) is 1.82. The molecule has 1 amide bonds. The van der Waals surface area contributed by atoms with Crippen LogP contribution in [0.15, 0.2) is 43.0 Å². The lowest BCUT2D eigenvalue weighted by atomic mass is 10.1. The molecule has 128 valence electrons. The number of piperazine rings is 1. The van der Waals surface area contributed by atoms with Gasteiger partial charge in [-0.25, -0.2) is 4.98 Å². The molecule has 6 heteroatoms. The van der Waals surface area contributed by atoms with Crippen LogP contribution in [0.4, 0.5) is 0 Å². The van der Waals surface area contributed by atoms with E-state index < -0.39 is 0 Å². The van der Waals surface area contributed by atoms with Crippen LogP contribution in [0, 0.1) is 0 Å². The quantitative estimate of drug-likeness (QED) is 0.892. The summed E-state index contributed by atoms with van der Waals surface area (Å²) < 4.78 is 1.98. The molecule has 1 aromatic carbocycles. The van der Waals surface area contributed by atoms with Crippen LogP contribution in [-0.2, 0) is 6.54 Å². The highest BCUT2D eigenvalue weighted by molar-refractivity contribution is 5.94. The van der Waals surface area contributed by atoms with Crippen molar-refractivity contribution in [3.63, 3.8) is 0 Å². The summed E-state index contributed by atoms with van der Waals surface area (Å²) in [5.74, 6) is 0.0826. The Morgan fingerprint density at radius 3 is 2.75 bits per heavy atom. The van der Waals surface area contributed by atoms with E-state index in [4.69, 9.17) is 0 Å². The molecule has 1 fully saturated rings. The number of nitrogens with zero attached hydrogens (tertiary/aromatic N) is 4. The number of aromatic nitrogens is 2. The van der Waals surface area contributed by atoms with Crippen molar-refractivity contribution in [3.8, 4) is 0 Å². The molecular formula is C18H24N4O2. The van der Waals surface area contributed by atoms with Crippen molar-refractivity contribution >= 4 is 5.91 Å². The Hall–Kier alpha value is -2.18. The van der Waals surface area contributed by atoms with Crippen molar-refractivity contribution in [2.75, 3.05) is 32.7 Å². The third-order valence-corrected chi connectivity index (χ3v) is 4.28. The molecule has 1 aliphatic heterocycles. The molecule has 0 unspecified atom stereocenters. The zero-order chi connectivity index (χ0) is 16.9. The third-order valence-electron chi connectivity index (χ3n) is 4.28. The van der Waals surface area contributed by atoms with E-state index in [1.165, 1.54) is 0 Å². The fourth-order valence-corrected chi connectivity index (χ4v) is 3.08. The molecule has 2 aromatic rings. The molecule has 1 aromatic heterocycles. The average molecular weight is 328 g/mol. The molecule has 2 heterocycles. The summed E-state index contributed by atoms with van der Waals surface area (Å²) in [4.78, 5) is 20.9. The van der Waals surface area contributed by atoms with E-state index >= 15 is 0 Å². The highest BCUT2D eigenvalue weighted by atomic mass is 16.3. The van der Waals surface area contributed by atoms with E-state index in [1.54, 1.807) is 19.4 Å². The molecule has 3 rings (SSSR count). The molecule has 1 atom stereocenters. The topological polar surface area (TPSA) is 61.6 Å². The molecule has 0 spiro atoms. The second-order valence-corrected chi connectivity index (χ2v) is 6.38. The lowest BCUT2D eigenvalue weighted by molar-refractivity contribution is 0.0554. The van der Waals surface area contributed by atoms with Crippen molar-refractivity contribution in [3.05, 3.63) is 54.1 Å². The first-order chi connectivity index (χ1) is 11.6.